The van der Waals surface area contributed by atoms with Crippen LogP contribution in [0, 0.1) is 0 Å². The molecule has 0 aromatic heterocycles. The fourth-order valence-corrected chi connectivity index (χ4v) is 2.78. The first kappa shape index (κ1) is 11.1. The fourth-order valence-electron chi connectivity index (χ4n) is 2.78. The van der Waals surface area contributed by atoms with Crippen LogP contribution in [0.1, 0.15) is 36.0 Å². The standard InChI is InChI=1S/C17H17N/c1-12-11-16(13-7-3-2-4-8-13)14-9-5-6-10-15(14)17(12)18/h2-10,16H,11,18H2,1H3. The molecule has 0 heterocycles. The molecule has 0 spiro atoms. The minimum absolute atomic E-state index is 0.440. The van der Waals surface area contributed by atoms with Gasteiger partial charge in [-0.05, 0) is 30.0 Å². The molecule has 2 N–H and O–H groups in total. The van der Waals surface area contributed by atoms with Gasteiger partial charge in [0.1, 0.15) is 0 Å². The Hall–Kier alpha value is -2.02. The Morgan fingerprint density at radius 3 is 2.39 bits per heavy atom. The smallest absolute Gasteiger partial charge is 0.0380 e. The van der Waals surface area contributed by atoms with Crippen molar-refractivity contribution in [3.05, 3.63) is 76.9 Å². The number of allylic oxidation sites excluding steroid dienone is 1. The van der Waals surface area contributed by atoms with E-state index in [2.05, 4.69) is 61.5 Å². The van der Waals surface area contributed by atoms with Crippen LogP contribution in [-0.4, -0.2) is 0 Å². The minimum Gasteiger partial charge on any atom is -0.398 e. The summed E-state index contributed by atoms with van der Waals surface area (Å²) in [5.74, 6) is 0.440. The molecule has 1 atom stereocenters. The lowest BCUT2D eigenvalue weighted by atomic mass is 9.78. The average Bonchev–Trinajstić information content (AvgIpc) is 2.44. The predicted octanol–water partition coefficient (Wildman–Crippen LogP) is 3.91. The van der Waals surface area contributed by atoms with Crippen molar-refractivity contribution in [1.82, 2.24) is 0 Å². The molecule has 1 nitrogen and oxygen atoms in total. The second-order valence-electron chi connectivity index (χ2n) is 4.95. The highest BCUT2D eigenvalue weighted by Gasteiger charge is 2.24. The Kier molecular flexibility index (Phi) is 2.67. The third-order valence-corrected chi connectivity index (χ3v) is 3.80. The van der Waals surface area contributed by atoms with Gasteiger partial charge in [-0.1, -0.05) is 54.6 Å². The van der Waals surface area contributed by atoms with E-state index in [9.17, 15) is 0 Å². The fraction of sp³-hybridized carbons (Fsp3) is 0.176. The number of hydrogen-bond acceptors (Lipinski definition) is 1. The van der Waals surface area contributed by atoms with Gasteiger partial charge in [0.25, 0.3) is 0 Å². The SMILES string of the molecule is CC1=C(N)c2ccccc2C(c2ccccc2)C1. The molecule has 2 aromatic rings. The predicted molar refractivity (Wildman–Crippen MR) is 76.1 cm³/mol. The van der Waals surface area contributed by atoms with E-state index in [4.69, 9.17) is 5.73 Å². The molecular weight excluding hydrogens is 218 g/mol. The molecule has 2 aromatic carbocycles. The normalized spacial score (nSPS) is 18.6. The lowest BCUT2D eigenvalue weighted by molar-refractivity contribution is 0.778. The zero-order valence-electron chi connectivity index (χ0n) is 10.6. The molecule has 1 aliphatic carbocycles. The zero-order chi connectivity index (χ0) is 12.5. The van der Waals surface area contributed by atoms with Crippen LogP contribution in [0.25, 0.3) is 5.70 Å². The molecule has 90 valence electrons. The molecular formula is C17H17N. The highest BCUT2D eigenvalue weighted by atomic mass is 14.6. The van der Waals surface area contributed by atoms with E-state index in [1.54, 1.807) is 0 Å². The van der Waals surface area contributed by atoms with E-state index >= 15 is 0 Å². The Labute approximate surface area is 108 Å². The maximum atomic E-state index is 6.21. The highest BCUT2D eigenvalue weighted by molar-refractivity contribution is 5.72. The number of hydrogen-bond donors (Lipinski definition) is 1. The van der Waals surface area contributed by atoms with Crippen LogP contribution in [0.5, 0.6) is 0 Å². The summed E-state index contributed by atoms with van der Waals surface area (Å²) in [6, 6.07) is 19.2. The van der Waals surface area contributed by atoms with Gasteiger partial charge in [0.05, 0.1) is 0 Å². The number of benzene rings is 2. The van der Waals surface area contributed by atoms with Crippen molar-refractivity contribution >= 4 is 5.70 Å². The van der Waals surface area contributed by atoms with E-state index in [-0.39, 0.29) is 0 Å². The van der Waals surface area contributed by atoms with Crippen molar-refractivity contribution in [2.75, 3.05) is 0 Å². The molecule has 0 saturated carbocycles. The lowest BCUT2D eigenvalue weighted by Crippen LogP contribution is -2.15. The molecule has 18 heavy (non-hydrogen) atoms. The summed E-state index contributed by atoms with van der Waals surface area (Å²) in [6.07, 6.45) is 1.02. The molecule has 3 rings (SSSR count). The summed E-state index contributed by atoms with van der Waals surface area (Å²) < 4.78 is 0. The van der Waals surface area contributed by atoms with Crippen molar-refractivity contribution in [3.8, 4) is 0 Å². The number of rotatable bonds is 1. The molecule has 1 heteroatoms. The number of fused-ring (bicyclic) bond motifs is 1. The summed E-state index contributed by atoms with van der Waals surface area (Å²) in [5.41, 5.74) is 12.4. The first-order valence-electron chi connectivity index (χ1n) is 6.37. The van der Waals surface area contributed by atoms with Gasteiger partial charge in [-0.15, -0.1) is 0 Å². The Morgan fingerprint density at radius 1 is 0.944 bits per heavy atom. The monoisotopic (exact) mass is 235 g/mol. The van der Waals surface area contributed by atoms with Gasteiger partial charge in [0, 0.05) is 17.2 Å². The Bertz CT molecular complexity index is 596. The van der Waals surface area contributed by atoms with E-state index < -0.39 is 0 Å². The zero-order valence-corrected chi connectivity index (χ0v) is 10.6. The quantitative estimate of drug-likeness (QED) is 0.796. The van der Waals surface area contributed by atoms with Crippen LogP contribution >= 0.6 is 0 Å². The van der Waals surface area contributed by atoms with E-state index in [1.165, 1.54) is 22.3 Å². The molecule has 0 bridgehead atoms. The average molecular weight is 235 g/mol. The molecule has 1 unspecified atom stereocenters. The minimum atomic E-state index is 0.440. The first-order valence-corrected chi connectivity index (χ1v) is 6.37. The highest BCUT2D eigenvalue weighted by Crippen LogP contribution is 2.39. The Morgan fingerprint density at radius 2 is 1.61 bits per heavy atom. The van der Waals surface area contributed by atoms with Crippen molar-refractivity contribution in [3.63, 3.8) is 0 Å². The van der Waals surface area contributed by atoms with Crippen LogP contribution in [0.4, 0.5) is 0 Å². The van der Waals surface area contributed by atoms with E-state index in [0.29, 0.717) is 5.92 Å². The molecule has 0 amide bonds. The maximum absolute atomic E-state index is 6.21. The second-order valence-corrected chi connectivity index (χ2v) is 4.95. The largest absolute Gasteiger partial charge is 0.398 e. The first-order chi connectivity index (χ1) is 8.77. The van der Waals surface area contributed by atoms with E-state index in [0.717, 1.165) is 12.1 Å². The summed E-state index contributed by atoms with van der Waals surface area (Å²) in [6.45, 7) is 2.14. The molecule has 0 radical (unpaired) electrons. The van der Waals surface area contributed by atoms with Gasteiger partial charge in [0.2, 0.25) is 0 Å². The van der Waals surface area contributed by atoms with Crippen molar-refractivity contribution in [1.29, 1.82) is 0 Å². The van der Waals surface area contributed by atoms with Gasteiger partial charge in [0.15, 0.2) is 0 Å². The lowest BCUT2D eigenvalue weighted by Gasteiger charge is -2.27. The van der Waals surface area contributed by atoms with Crippen LogP contribution in [0.3, 0.4) is 0 Å². The summed E-state index contributed by atoms with van der Waals surface area (Å²) in [7, 11) is 0. The summed E-state index contributed by atoms with van der Waals surface area (Å²) in [5, 5.41) is 0. The van der Waals surface area contributed by atoms with Crippen LogP contribution in [0.15, 0.2) is 60.2 Å². The summed E-state index contributed by atoms with van der Waals surface area (Å²) in [4.78, 5) is 0. The van der Waals surface area contributed by atoms with Crippen LogP contribution in [0.2, 0.25) is 0 Å². The van der Waals surface area contributed by atoms with Crippen LogP contribution in [-0.2, 0) is 0 Å². The van der Waals surface area contributed by atoms with Crippen molar-refractivity contribution in [2.24, 2.45) is 5.73 Å². The topological polar surface area (TPSA) is 26.0 Å². The Balaban J connectivity index is 2.15. The number of nitrogens with two attached hydrogens (primary N) is 1. The van der Waals surface area contributed by atoms with Crippen molar-refractivity contribution in [2.45, 2.75) is 19.3 Å². The second kappa shape index (κ2) is 4.34. The third kappa shape index (κ3) is 1.72. The molecule has 1 aliphatic rings. The van der Waals surface area contributed by atoms with Gasteiger partial charge < -0.3 is 5.73 Å². The van der Waals surface area contributed by atoms with Gasteiger partial charge in [-0.25, -0.2) is 0 Å². The molecule has 0 aliphatic heterocycles. The maximum Gasteiger partial charge on any atom is 0.0380 e. The van der Waals surface area contributed by atoms with E-state index in [1.807, 2.05) is 0 Å². The molecule has 0 fully saturated rings. The van der Waals surface area contributed by atoms with Gasteiger partial charge in [-0.3, -0.25) is 0 Å². The summed E-state index contributed by atoms with van der Waals surface area (Å²) >= 11 is 0. The van der Waals surface area contributed by atoms with Crippen molar-refractivity contribution < 1.29 is 0 Å². The third-order valence-electron chi connectivity index (χ3n) is 3.80. The van der Waals surface area contributed by atoms with Crippen LogP contribution < -0.4 is 5.73 Å². The molecule has 0 saturated heterocycles. The van der Waals surface area contributed by atoms with Gasteiger partial charge >= 0.3 is 0 Å². The van der Waals surface area contributed by atoms with Gasteiger partial charge in [-0.2, -0.15) is 0 Å².